The van der Waals surface area contributed by atoms with Crippen molar-refractivity contribution in [3.63, 3.8) is 0 Å². The van der Waals surface area contributed by atoms with Gasteiger partial charge < -0.3 is 40.1 Å². The average Bonchev–Trinajstić information content (AvgIpc) is 3.30. The number of amides is 1. The van der Waals surface area contributed by atoms with Crippen molar-refractivity contribution in [2.45, 2.75) is 57.1 Å². The minimum Gasteiger partial charge on any atom is -0.394 e. The highest BCUT2D eigenvalue weighted by atomic mass is 18.2. The summed E-state index contributed by atoms with van der Waals surface area (Å²) in [5.41, 5.74) is -1.08. The number of carbonyl (C=O) groups excluding carboxylic acids is 1. The summed E-state index contributed by atoms with van der Waals surface area (Å²) in [6.07, 6.45) is 0.942. The van der Waals surface area contributed by atoms with Gasteiger partial charge in [0.2, 0.25) is 0 Å². The van der Waals surface area contributed by atoms with Crippen LogP contribution >= 0.6 is 0 Å². The zero-order valence-electron chi connectivity index (χ0n) is 17.0. The summed E-state index contributed by atoms with van der Waals surface area (Å²) >= 11 is 0. The van der Waals surface area contributed by atoms with Gasteiger partial charge in [0.05, 0.1) is 25.4 Å². The molecule has 13 nitrogen and oxygen atoms in total. The Kier molecular flexibility index (Phi) is 9.10. The van der Waals surface area contributed by atoms with Gasteiger partial charge >= 0.3 is 5.69 Å². The summed E-state index contributed by atoms with van der Waals surface area (Å²) in [4.78, 5) is 37.0. The third kappa shape index (κ3) is 6.16. The number of hydrogen-bond donors (Lipinski definition) is 6. The normalized spacial score (nSPS) is 31.0. The summed E-state index contributed by atoms with van der Waals surface area (Å²) in [6, 6.07) is 1.20. The standard InChI is InChI=1S/C10H14N2O4.C9H12N2O5.CH4/c1-6-11-9(15)2-3-12(6)10-4-7(14)8(5-13)16-10;12-4-6-5(13)3-8(16-6)11-2-1-7(14)10-9(11)15;/h2-3,7-8,10,13-14H,1,4-5H2,(H,11,15);1-2,5-6,8,12-13H,3-4H2,(H,10,14,15);1H4/t7?,8-,10-;5?,6-,8-;/m11./s1/i13+2;15+2;. The van der Waals surface area contributed by atoms with Crippen molar-refractivity contribution in [1.29, 1.82) is 0 Å². The zero-order valence-corrected chi connectivity index (χ0v) is 17.0. The number of nitrogens with zero attached hydrogens (tertiary/aromatic N) is 2. The first kappa shape index (κ1) is 26.4. The van der Waals surface area contributed by atoms with Gasteiger partial charge in [-0.3, -0.25) is 19.1 Å². The summed E-state index contributed by atoms with van der Waals surface area (Å²) in [6.45, 7) is 3.15. The van der Waals surface area contributed by atoms with Crippen molar-refractivity contribution < 1.29 is 34.7 Å². The van der Waals surface area contributed by atoms with Gasteiger partial charge in [-0.15, -0.1) is 0 Å². The first-order chi connectivity index (χ1) is 15.2. The molecule has 0 spiro atoms. The second-order valence-electron chi connectivity index (χ2n) is 7.41. The molecule has 3 aliphatic heterocycles. The van der Waals surface area contributed by atoms with Crippen LogP contribution in [-0.2, 0) is 14.3 Å². The number of aliphatic hydroxyl groups is 4. The first-order valence-corrected chi connectivity index (χ1v) is 9.90. The SMILES string of the molecule is C.C=C1NC(=O)C=CN1[C@H]1CC(O)[C@@H](C[18OH])O1.O=c1ccn([C@H]2CC(O)[C@@H](CO)O2)c(=[18O])[nH]1. The second-order valence-corrected chi connectivity index (χ2v) is 7.41. The van der Waals surface area contributed by atoms with Crippen molar-refractivity contribution in [2.24, 2.45) is 0 Å². The Bertz CT molecular complexity index is 975. The number of nitrogens with one attached hydrogen (secondary N) is 2. The molecular weight excluding hydrogens is 444 g/mol. The second kappa shape index (κ2) is 11.4. The fourth-order valence-corrected chi connectivity index (χ4v) is 3.51. The summed E-state index contributed by atoms with van der Waals surface area (Å²) in [7, 11) is 0. The van der Waals surface area contributed by atoms with Crippen molar-refractivity contribution >= 4 is 5.91 Å². The lowest BCUT2D eigenvalue weighted by Crippen LogP contribution is -2.41. The maximum atomic E-state index is 11.4. The highest BCUT2D eigenvalue weighted by molar-refractivity contribution is 5.89. The molecule has 0 radical (unpaired) electrons. The predicted octanol–water partition coefficient (Wildman–Crippen LogP) is -2.32. The fraction of sp³-hybridized carbons (Fsp3) is 0.550. The molecule has 0 saturated carbocycles. The van der Waals surface area contributed by atoms with E-state index in [0.717, 1.165) is 0 Å². The van der Waals surface area contributed by atoms with Crippen LogP contribution < -0.4 is 16.6 Å². The van der Waals surface area contributed by atoms with Crippen LogP contribution in [0.25, 0.3) is 0 Å². The first-order valence-electron chi connectivity index (χ1n) is 9.90. The van der Waals surface area contributed by atoms with Crippen LogP contribution in [0, 0.1) is 0 Å². The van der Waals surface area contributed by atoms with Gasteiger partial charge in [0.15, 0.2) is 0 Å². The molecule has 13 heteroatoms. The van der Waals surface area contributed by atoms with Crippen LogP contribution in [-0.4, -0.2) is 84.6 Å². The molecule has 6 atom stereocenters. The van der Waals surface area contributed by atoms with E-state index in [2.05, 4.69) is 16.9 Å². The molecule has 33 heavy (non-hydrogen) atoms. The number of ether oxygens (including phenoxy) is 2. The highest BCUT2D eigenvalue weighted by Crippen LogP contribution is 2.27. The van der Waals surface area contributed by atoms with Crippen LogP contribution in [0.4, 0.5) is 0 Å². The Balaban J connectivity index is 0.000000227. The average molecular weight is 474 g/mol. The van der Waals surface area contributed by atoms with E-state index in [4.69, 9.17) is 19.7 Å². The Hall–Kier alpha value is -2.81. The molecule has 0 bridgehead atoms. The number of carbonyl (C=O) groups is 1. The topological polar surface area (TPSA) is 187 Å². The monoisotopic (exact) mass is 474 g/mol. The molecule has 2 saturated heterocycles. The lowest BCUT2D eigenvalue weighted by molar-refractivity contribution is -0.117. The van der Waals surface area contributed by atoms with Gasteiger partial charge in [0.1, 0.15) is 30.5 Å². The van der Waals surface area contributed by atoms with E-state index >= 15 is 0 Å². The van der Waals surface area contributed by atoms with Crippen molar-refractivity contribution in [2.75, 3.05) is 13.2 Å². The maximum absolute atomic E-state index is 11.4. The van der Waals surface area contributed by atoms with Gasteiger partial charge in [0.25, 0.3) is 11.5 Å². The number of hydrogen-bond acceptors (Lipinski definition) is 10. The van der Waals surface area contributed by atoms with Crippen LogP contribution in [0.15, 0.2) is 46.5 Å². The van der Waals surface area contributed by atoms with Gasteiger partial charge in [0, 0.05) is 37.4 Å². The van der Waals surface area contributed by atoms with E-state index < -0.39 is 48.1 Å². The fourth-order valence-electron chi connectivity index (χ4n) is 3.51. The third-order valence-corrected chi connectivity index (χ3v) is 5.21. The van der Waals surface area contributed by atoms with Crippen molar-refractivity contribution in [3.8, 4) is 0 Å². The van der Waals surface area contributed by atoms with E-state index in [1.54, 1.807) is 11.1 Å². The molecule has 1 amide bonds. The smallest absolute Gasteiger partial charge is 0.330 e. The largest absolute Gasteiger partial charge is 0.394 e. The molecule has 0 aromatic carbocycles. The summed E-state index contributed by atoms with van der Waals surface area (Å²) in [5.74, 6) is 0.168. The lowest BCUT2D eigenvalue weighted by Gasteiger charge is -2.30. The molecular formula is C20H30N4O9. The van der Waals surface area contributed by atoms with Crippen LogP contribution in [0.5, 0.6) is 0 Å². The molecule has 2 fully saturated rings. The third-order valence-electron chi connectivity index (χ3n) is 5.21. The minimum atomic E-state index is -0.811. The van der Waals surface area contributed by atoms with Gasteiger partial charge in [-0.2, -0.15) is 0 Å². The number of aliphatic hydroxyl groups excluding tert-OH is 4. The van der Waals surface area contributed by atoms with E-state index in [9.17, 15) is 24.6 Å². The molecule has 1 aromatic rings. The van der Waals surface area contributed by atoms with Crippen LogP contribution in [0.2, 0.25) is 0 Å². The number of aromatic amines is 1. The van der Waals surface area contributed by atoms with E-state index in [1.807, 2.05) is 0 Å². The number of H-pyrrole nitrogens is 1. The van der Waals surface area contributed by atoms with E-state index in [1.165, 1.54) is 22.9 Å². The highest BCUT2D eigenvalue weighted by Gasteiger charge is 2.37. The van der Waals surface area contributed by atoms with E-state index in [0.29, 0.717) is 12.2 Å². The van der Waals surface area contributed by atoms with Gasteiger partial charge in [-0.25, -0.2) is 4.79 Å². The minimum absolute atomic E-state index is 0. The molecule has 4 heterocycles. The Morgan fingerprint density at radius 1 is 1.18 bits per heavy atom. The molecule has 6 N–H and O–H groups in total. The maximum Gasteiger partial charge on any atom is 0.330 e. The Labute approximate surface area is 189 Å². The zero-order chi connectivity index (χ0) is 23.4. The molecule has 184 valence electrons. The van der Waals surface area contributed by atoms with Crippen LogP contribution in [0.1, 0.15) is 26.5 Å². The quantitative estimate of drug-likeness (QED) is 0.259. The van der Waals surface area contributed by atoms with E-state index in [-0.39, 0.29) is 33.0 Å². The van der Waals surface area contributed by atoms with Crippen LogP contribution in [0.3, 0.4) is 0 Å². The molecule has 1 aromatic heterocycles. The lowest BCUT2D eigenvalue weighted by atomic mass is 10.2. The summed E-state index contributed by atoms with van der Waals surface area (Å²) in [5, 5.41) is 39.4. The molecule has 3 aliphatic rings. The number of rotatable bonds is 4. The van der Waals surface area contributed by atoms with Crippen molar-refractivity contribution in [3.05, 3.63) is 57.8 Å². The molecule has 4 rings (SSSR count). The Morgan fingerprint density at radius 3 is 2.36 bits per heavy atom. The molecule has 2 unspecified atom stereocenters. The summed E-state index contributed by atoms with van der Waals surface area (Å²) < 4.78 is 11.9. The van der Waals surface area contributed by atoms with Gasteiger partial charge in [-0.1, -0.05) is 14.0 Å². The Morgan fingerprint density at radius 2 is 1.82 bits per heavy atom. The molecule has 0 aliphatic carbocycles. The van der Waals surface area contributed by atoms with Gasteiger partial charge in [-0.05, 0) is 0 Å². The predicted molar refractivity (Wildman–Crippen MR) is 114 cm³/mol. The van der Waals surface area contributed by atoms with Crippen molar-refractivity contribution in [1.82, 2.24) is 19.8 Å². The number of aromatic nitrogens is 2.